The van der Waals surface area contributed by atoms with Crippen LogP contribution in [-0.2, 0) is 0 Å². The molecule has 0 saturated carbocycles. The van der Waals surface area contributed by atoms with Crippen LogP contribution in [0.15, 0.2) is 47.4 Å². The minimum Gasteiger partial charge on any atom is -0.497 e. The number of ether oxygens (including phenoxy) is 2. The first kappa shape index (κ1) is 23.0. The molecule has 0 radical (unpaired) electrons. The van der Waals surface area contributed by atoms with Gasteiger partial charge in [0.1, 0.15) is 17.3 Å². The summed E-state index contributed by atoms with van der Waals surface area (Å²) < 4.78 is 70.3. The molecule has 0 aromatic heterocycles. The van der Waals surface area contributed by atoms with Crippen molar-refractivity contribution in [2.45, 2.75) is 30.4 Å². The van der Waals surface area contributed by atoms with Gasteiger partial charge in [0, 0.05) is 20.8 Å². The SMILES string of the molecule is COc1ccc(OC)c(-c2c(F)c(F)c(F)c(-c3ccccc3SC(C)(C)C)c2F)c1. The van der Waals surface area contributed by atoms with Gasteiger partial charge in [0.05, 0.1) is 25.3 Å². The van der Waals surface area contributed by atoms with E-state index in [1.165, 1.54) is 50.2 Å². The Kier molecular flexibility index (Phi) is 6.55. The molecule has 164 valence electrons. The number of thioether (sulfide) groups is 1. The number of methoxy groups -OCH3 is 2. The summed E-state index contributed by atoms with van der Waals surface area (Å²) in [7, 11) is 2.70. The van der Waals surface area contributed by atoms with Crippen LogP contribution in [0.25, 0.3) is 22.3 Å². The Morgan fingerprint density at radius 1 is 0.710 bits per heavy atom. The second kappa shape index (κ2) is 8.83. The average Bonchev–Trinajstić information content (AvgIpc) is 2.72. The fourth-order valence-corrected chi connectivity index (χ4v) is 4.29. The molecule has 0 aliphatic heterocycles. The van der Waals surface area contributed by atoms with Crippen molar-refractivity contribution in [3.63, 3.8) is 0 Å². The molecule has 0 spiro atoms. The van der Waals surface area contributed by atoms with E-state index >= 15 is 4.39 Å². The number of hydrogen-bond donors (Lipinski definition) is 0. The maximum Gasteiger partial charge on any atom is 0.195 e. The molecule has 0 saturated heterocycles. The number of rotatable bonds is 5. The monoisotopic (exact) mass is 450 g/mol. The molecule has 0 atom stereocenters. The van der Waals surface area contributed by atoms with E-state index in [4.69, 9.17) is 9.47 Å². The van der Waals surface area contributed by atoms with E-state index in [0.29, 0.717) is 4.90 Å². The Morgan fingerprint density at radius 3 is 1.90 bits per heavy atom. The summed E-state index contributed by atoms with van der Waals surface area (Å²) >= 11 is 1.37. The zero-order chi connectivity index (χ0) is 22.9. The highest BCUT2D eigenvalue weighted by Gasteiger charge is 2.30. The lowest BCUT2D eigenvalue weighted by molar-refractivity contribution is 0.403. The van der Waals surface area contributed by atoms with Crippen LogP contribution in [0.5, 0.6) is 11.5 Å². The first-order valence-electron chi connectivity index (χ1n) is 9.45. The maximum absolute atomic E-state index is 15.8. The zero-order valence-corrected chi connectivity index (χ0v) is 18.6. The van der Waals surface area contributed by atoms with Gasteiger partial charge in [-0.25, -0.2) is 17.6 Å². The number of benzene rings is 3. The summed E-state index contributed by atoms with van der Waals surface area (Å²) in [6.07, 6.45) is 0. The molecule has 3 aromatic carbocycles. The van der Waals surface area contributed by atoms with Crippen LogP contribution in [0, 0.1) is 23.3 Å². The molecule has 0 heterocycles. The highest BCUT2D eigenvalue weighted by atomic mass is 32.2. The highest BCUT2D eigenvalue weighted by molar-refractivity contribution is 8.00. The lowest BCUT2D eigenvalue weighted by Crippen LogP contribution is -2.08. The molecule has 3 aromatic rings. The van der Waals surface area contributed by atoms with Gasteiger partial charge in [0.15, 0.2) is 17.5 Å². The summed E-state index contributed by atoms with van der Waals surface area (Å²) in [5.74, 6) is -5.82. The van der Waals surface area contributed by atoms with Crippen LogP contribution in [0.2, 0.25) is 0 Å². The minimum absolute atomic E-state index is 0.0852. The number of halogens is 4. The summed E-state index contributed by atoms with van der Waals surface area (Å²) in [5.41, 5.74) is -1.30. The molecule has 2 nitrogen and oxygen atoms in total. The molecule has 0 aliphatic rings. The van der Waals surface area contributed by atoms with Gasteiger partial charge in [-0.05, 0) is 24.3 Å². The molecule has 0 bridgehead atoms. The Bertz CT molecular complexity index is 1120. The van der Waals surface area contributed by atoms with Crippen molar-refractivity contribution in [3.8, 4) is 33.8 Å². The van der Waals surface area contributed by atoms with Crippen molar-refractivity contribution in [2.24, 2.45) is 0 Å². The van der Waals surface area contributed by atoms with E-state index in [2.05, 4.69) is 0 Å². The fourth-order valence-electron chi connectivity index (χ4n) is 3.21. The standard InChI is InChI=1S/C24H22F4O2S/c1-24(2,3)31-17-9-7-6-8-14(17)18-20(25)19(22(27)23(28)21(18)26)15-12-13(29-4)10-11-16(15)30-5/h6-12H,1-5H3. The largest absolute Gasteiger partial charge is 0.497 e. The van der Waals surface area contributed by atoms with Crippen molar-refractivity contribution in [2.75, 3.05) is 14.2 Å². The molecule has 3 rings (SSSR count). The Hall–Kier alpha value is -2.67. The van der Waals surface area contributed by atoms with Crippen LogP contribution in [-0.4, -0.2) is 19.0 Å². The van der Waals surface area contributed by atoms with Gasteiger partial charge in [0.25, 0.3) is 0 Å². The average molecular weight is 450 g/mol. The third kappa shape index (κ3) is 4.51. The van der Waals surface area contributed by atoms with Gasteiger partial charge >= 0.3 is 0 Å². The third-order valence-electron chi connectivity index (χ3n) is 4.51. The predicted molar refractivity (Wildman–Crippen MR) is 116 cm³/mol. The van der Waals surface area contributed by atoms with Gasteiger partial charge in [-0.1, -0.05) is 39.0 Å². The van der Waals surface area contributed by atoms with Gasteiger partial charge in [-0.2, -0.15) is 0 Å². The van der Waals surface area contributed by atoms with E-state index in [-0.39, 0.29) is 27.4 Å². The van der Waals surface area contributed by atoms with Crippen LogP contribution < -0.4 is 9.47 Å². The zero-order valence-electron chi connectivity index (χ0n) is 17.8. The molecule has 0 amide bonds. The van der Waals surface area contributed by atoms with Crippen LogP contribution >= 0.6 is 11.8 Å². The first-order valence-corrected chi connectivity index (χ1v) is 10.3. The van der Waals surface area contributed by atoms with Crippen LogP contribution in [0.1, 0.15) is 20.8 Å². The van der Waals surface area contributed by atoms with E-state index < -0.39 is 34.4 Å². The Balaban J connectivity index is 2.37. The Labute approximate surface area is 183 Å². The molecular formula is C24H22F4O2S. The second-order valence-electron chi connectivity index (χ2n) is 7.78. The lowest BCUT2D eigenvalue weighted by atomic mass is 9.95. The van der Waals surface area contributed by atoms with Crippen molar-refractivity contribution < 1.29 is 27.0 Å². The molecular weight excluding hydrogens is 428 g/mol. The van der Waals surface area contributed by atoms with Gasteiger partial charge in [-0.15, -0.1) is 11.8 Å². The summed E-state index contributed by atoms with van der Waals surface area (Å²) in [6.45, 7) is 5.83. The number of hydrogen-bond acceptors (Lipinski definition) is 3. The van der Waals surface area contributed by atoms with Crippen LogP contribution in [0.3, 0.4) is 0 Å². The highest BCUT2D eigenvalue weighted by Crippen LogP contribution is 2.45. The van der Waals surface area contributed by atoms with E-state index in [0.717, 1.165) is 0 Å². The van der Waals surface area contributed by atoms with E-state index in [1.54, 1.807) is 18.2 Å². The first-order chi connectivity index (χ1) is 14.6. The quantitative estimate of drug-likeness (QED) is 0.174. The molecule has 0 unspecified atom stereocenters. The Morgan fingerprint density at radius 2 is 1.32 bits per heavy atom. The molecule has 7 heteroatoms. The molecule has 0 fully saturated rings. The summed E-state index contributed by atoms with van der Waals surface area (Å²) in [4.78, 5) is 0.544. The maximum atomic E-state index is 15.8. The van der Waals surface area contributed by atoms with Crippen LogP contribution in [0.4, 0.5) is 17.6 Å². The molecule has 0 N–H and O–H groups in total. The topological polar surface area (TPSA) is 18.5 Å². The minimum atomic E-state index is -1.76. The summed E-state index contributed by atoms with van der Waals surface area (Å²) in [5, 5.41) is 0. The van der Waals surface area contributed by atoms with Crippen molar-refractivity contribution in [3.05, 3.63) is 65.7 Å². The van der Waals surface area contributed by atoms with Gasteiger partial charge < -0.3 is 9.47 Å². The predicted octanol–water partition coefficient (Wildman–Crippen LogP) is 7.48. The lowest BCUT2D eigenvalue weighted by Gasteiger charge is -2.21. The van der Waals surface area contributed by atoms with E-state index in [1.807, 2.05) is 20.8 Å². The van der Waals surface area contributed by atoms with Crippen molar-refractivity contribution in [1.29, 1.82) is 0 Å². The second-order valence-corrected chi connectivity index (χ2v) is 9.65. The van der Waals surface area contributed by atoms with Crippen molar-refractivity contribution >= 4 is 11.8 Å². The normalized spacial score (nSPS) is 11.5. The molecule has 31 heavy (non-hydrogen) atoms. The smallest absolute Gasteiger partial charge is 0.195 e. The van der Waals surface area contributed by atoms with Crippen molar-refractivity contribution in [1.82, 2.24) is 0 Å². The third-order valence-corrected chi connectivity index (χ3v) is 5.70. The van der Waals surface area contributed by atoms with Gasteiger partial charge in [-0.3, -0.25) is 0 Å². The van der Waals surface area contributed by atoms with Gasteiger partial charge in [0.2, 0.25) is 0 Å². The summed E-state index contributed by atoms with van der Waals surface area (Å²) in [6, 6.07) is 10.8. The molecule has 0 aliphatic carbocycles. The van der Waals surface area contributed by atoms with E-state index in [9.17, 15) is 13.2 Å². The fraction of sp³-hybridized carbons (Fsp3) is 0.250.